The first-order chi connectivity index (χ1) is 14.2. The molecule has 1 unspecified atom stereocenters. The topological polar surface area (TPSA) is 121 Å². The van der Waals surface area contributed by atoms with Crippen molar-refractivity contribution in [1.29, 1.82) is 5.26 Å². The number of halogens is 2. The highest BCUT2D eigenvalue weighted by molar-refractivity contribution is 9.10. The van der Waals surface area contributed by atoms with Crippen LogP contribution in [-0.4, -0.2) is 31.8 Å². The molecule has 0 aliphatic carbocycles. The largest absolute Gasteiger partial charge is 0.479 e. The van der Waals surface area contributed by atoms with Gasteiger partial charge in [0.1, 0.15) is 17.4 Å². The molecule has 0 aromatic heterocycles. The van der Waals surface area contributed by atoms with Gasteiger partial charge in [-0.15, -0.1) is 0 Å². The first-order valence-corrected chi connectivity index (χ1v) is 9.77. The molecule has 0 bridgehead atoms. The van der Waals surface area contributed by atoms with Crippen molar-refractivity contribution >= 4 is 27.9 Å². The third-order valence-electron chi connectivity index (χ3n) is 4.09. The summed E-state index contributed by atoms with van der Waals surface area (Å²) >= 11 is 3.20. The summed E-state index contributed by atoms with van der Waals surface area (Å²) in [5.74, 6) is -3.86. The van der Waals surface area contributed by atoms with Crippen LogP contribution in [0.5, 0.6) is 5.75 Å². The van der Waals surface area contributed by atoms with E-state index in [0.29, 0.717) is 4.47 Å². The predicted octanol–water partition coefficient (Wildman–Crippen LogP) is 3.17. The summed E-state index contributed by atoms with van der Waals surface area (Å²) in [5, 5.41) is 9.66. The number of carbonyl (C=O) groups is 2. The Bertz CT molecular complexity index is 967. The number of esters is 2. The van der Waals surface area contributed by atoms with Crippen molar-refractivity contribution in [3.8, 4) is 11.8 Å². The number of ether oxygens (including phenoxy) is 4. The number of hydrogen-bond donors (Lipinski definition) is 1. The molecule has 0 radical (unpaired) electrons. The summed E-state index contributed by atoms with van der Waals surface area (Å²) in [6, 6.07) is 4.50. The highest BCUT2D eigenvalue weighted by Crippen LogP contribution is 2.44. The van der Waals surface area contributed by atoms with Gasteiger partial charge in [0, 0.05) is 10.0 Å². The fraction of sp³-hybridized carbons (Fsp3) is 0.350. The molecule has 1 atom stereocenters. The molecule has 1 aromatic carbocycles. The average Bonchev–Trinajstić information content (AvgIpc) is 2.66. The summed E-state index contributed by atoms with van der Waals surface area (Å²) in [4.78, 5) is 24.3. The highest BCUT2D eigenvalue weighted by Gasteiger charge is 2.39. The average molecular weight is 483 g/mol. The van der Waals surface area contributed by atoms with Gasteiger partial charge in [-0.1, -0.05) is 15.9 Å². The molecule has 1 aliphatic rings. The maximum absolute atomic E-state index is 14.8. The second kappa shape index (κ2) is 10.1. The summed E-state index contributed by atoms with van der Waals surface area (Å²) in [6.07, 6.45) is 0. The Morgan fingerprint density at radius 2 is 1.97 bits per heavy atom. The van der Waals surface area contributed by atoms with Crippen LogP contribution in [0.1, 0.15) is 32.3 Å². The van der Waals surface area contributed by atoms with E-state index >= 15 is 0 Å². The van der Waals surface area contributed by atoms with Gasteiger partial charge < -0.3 is 24.7 Å². The minimum absolute atomic E-state index is 0.0268. The molecule has 0 saturated heterocycles. The maximum atomic E-state index is 14.8. The number of nitrogens with zero attached hydrogens (tertiary/aromatic N) is 1. The van der Waals surface area contributed by atoms with Crippen molar-refractivity contribution in [3.63, 3.8) is 0 Å². The molecule has 0 spiro atoms. The molecular weight excluding hydrogens is 463 g/mol. The molecule has 2 N–H and O–H groups in total. The Balaban J connectivity index is 2.67. The number of hydrogen-bond acceptors (Lipinski definition) is 8. The zero-order valence-corrected chi connectivity index (χ0v) is 18.2. The van der Waals surface area contributed by atoms with Gasteiger partial charge in [-0.25, -0.2) is 14.0 Å². The summed E-state index contributed by atoms with van der Waals surface area (Å²) in [5.41, 5.74) is 5.80. The third kappa shape index (κ3) is 4.91. The van der Waals surface area contributed by atoms with Crippen LogP contribution in [0.2, 0.25) is 0 Å². The van der Waals surface area contributed by atoms with Gasteiger partial charge >= 0.3 is 11.9 Å². The number of carbonyl (C=O) groups excluding carboxylic acids is 2. The van der Waals surface area contributed by atoms with E-state index < -0.39 is 30.3 Å². The molecule has 0 saturated carbocycles. The van der Waals surface area contributed by atoms with Gasteiger partial charge in [0.15, 0.2) is 18.2 Å². The summed E-state index contributed by atoms with van der Waals surface area (Å²) in [7, 11) is 0. The summed E-state index contributed by atoms with van der Waals surface area (Å²) in [6.45, 7) is 4.36. The quantitative estimate of drug-likeness (QED) is 0.588. The first kappa shape index (κ1) is 23.2. The Kier molecular flexibility index (Phi) is 7.83. The Morgan fingerprint density at radius 3 is 2.57 bits per heavy atom. The molecule has 1 aromatic rings. The Hall–Kier alpha value is -3.06. The maximum Gasteiger partial charge on any atom is 0.344 e. The van der Waals surface area contributed by atoms with E-state index in [0.717, 1.165) is 6.07 Å². The third-order valence-corrected chi connectivity index (χ3v) is 4.55. The van der Waals surface area contributed by atoms with Crippen molar-refractivity contribution in [1.82, 2.24) is 0 Å². The van der Waals surface area contributed by atoms with Crippen molar-refractivity contribution in [2.45, 2.75) is 26.7 Å². The lowest BCUT2D eigenvalue weighted by Crippen LogP contribution is -2.26. The zero-order chi connectivity index (χ0) is 22.4. The first-order valence-electron chi connectivity index (χ1n) is 8.97. The Labute approximate surface area is 181 Å². The molecule has 2 rings (SSSR count). The van der Waals surface area contributed by atoms with Gasteiger partial charge in [-0.3, -0.25) is 0 Å². The lowest BCUT2D eigenvalue weighted by molar-refractivity contribution is -0.145. The van der Waals surface area contributed by atoms with Crippen LogP contribution in [0.3, 0.4) is 0 Å². The van der Waals surface area contributed by atoms with E-state index in [4.69, 9.17) is 24.7 Å². The second-order valence-corrected chi connectivity index (χ2v) is 6.93. The number of allylic oxidation sites excluding steroid dienone is 2. The number of benzene rings is 1. The monoisotopic (exact) mass is 482 g/mol. The minimum atomic E-state index is -1.13. The zero-order valence-electron chi connectivity index (χ0n) is 16.6. The van der Waals surface area contributed by atoms with Crippen molar-refractivity contribution in [3.05, 3.63) is 50.8 Å². The van der Waals surface area contributed by atoms with Crippen molar-refractivity contribution in [2.24, 2.45) is 5.73 Å². The minimum Gasteiger partial charge on any atom is -0.479 e. The van der Waals surface area contributed by atoms with Gasteiger partial charge in [0.25, 0.3) is 0 Å². The van der Waals surface area contributed by atoms with Crippen LogP contribution in [-0.2, 0) is 23.8 Å². The van der Waals surface area contributed by atoms with Crippen molar-refractivity contribution in [2.75, 3.05) is 19.8 Å². The molecule has 0 amide bonds. The SMILES string of the molecule is CCOC(=O)COc1c(F)cc(Br)cc1C1C(C#N)=C(N)OC(C)=C1C(=O)OCC. The van der Waals surface area contributed by atoms with E-state index in [1.54, 1.807) is 13.8 Å². The predicted molar refractivity (Wildman–Crippen MR) is 106 cm³/mol. The Morgan fingerprint density at radius 1 is 1.30 bits per heavy atom. The van der Waals surface area contributed by atoms with Crippen LogP contribution in [0.4, 0.5) is 4.39 Å². The standard InChI is InChI=1S/C20H20BrFN2O6/c1-4-27-15(25)9-29-18-12(6-11(21)7-14(18)22)17-13(8-23)19(24)30-10(3)16(17)20(26)28-5-2/h6-7,17H,4-5,9,24H2,1-3H3. The van der Waals surface area contributed by atoms with Gasteiger partial charge in [0.05, 0.1) is 24.7 Å². The molecule has 0 fully saturated rings. The second-order valence-electron chi connectivity index (χ2n) is 6.01. The van der Waals surface area contributed by atoms with Crippen molar-refractivity contribution < 1.29 is 32.9 Å². The number of nitrogens with two attached hydrogens (primary N) is 1. The molecule has 1 aliphatic heterocycles. The van der Waals surface area contributed by atoms with E-state index in [1.165, 1.54) is 13.0 Å². The van der Waals surface area contributed by atoms with Crippen LogP contribution >= 0.6 is 15.9 Å². The summed E-state index contributed by atoms with van der Waals surface area (Å²) < 4.78 is 35.7. The molecule has 160 valence electrons. The smallest absolute Gasteiger partial charge is 0.344 e. The van der Waals surface area contributed by atoms with Gasteiger partial charge in [-0.05, 0) is 32.9 Å². The van der Waals surface area contributed by atoms with E-state index in [2.05, 4.69) is 15.9 Å². The van der Waals surface area contributed by atoms with Crippen LogP contribution in [0.15, 0.2) is 39.4 Å². The molecule has 30 heavy (non-hydrogen) atoms. The van der Waals surface area contributed by atoms with E-state index in [9.17, 15) is 19.2 Å². The van der Waals surface area contributed by atoms with Gasteiger partial charge in [-0.2, -0.15) is 5.26 Å². The van der Waals surface area contributed by atoms with Crippen LogP contribution < -0.4 is 10.5 Å². The number of rotatable bonds is 7. The lowest BCUT2D eigenvalue weighted by atomic mass is 9.82. The molecule has 10 heteroatoms. The molecule has 1 heterocycles. The van der Waals surface area contributed by atoms with E-state index in [-0.39, 0.29) is 47.3 Å². The van der Waals surface area contributed by atoms with Crippen LogP contribution in [0, 0.1) is 17.1 Å². The highest BCUT2D eigenvalue weighted by atomic mass is 79.9. The lowest BCUT2D eigenvalue weighted by Gasteiger charge is -2.28. The molecular formula is C20H20BrFN2O6. The van der Waals surface area contributed by atoms with Gasteiger partial charge in [0.2, 0.25) is 5.88 Å². The fourth-order valence-electron chi connectivity index (χ4n) is 2.95. The molecule has 8 nitrogen and oxygen atoms in total. The van der Waals surface area contributed by atoms with Crippen LogP contribution in [0.25, 0.3) is 0 Å². The normalized spacial score (nSPS) is 15.9. The van der Waals surface area contributed by atoms with E-state index in [1.807, 2.05) is 6.07 Å². The number of nitriles is 1. The fourth-order valence-corrected chi connectivity index (χ4v) is 3.39.